The Morgan fingerprint density at radius 2 is 2.18 bits per heavy atom. The van der Waals surface area contributed by atoms with E-state index in [0.29, 0.717) is 24.3 Å². The number of benzene rings is 1. The van der Waals surface area contributed by atoms with Crippen LogP contribution in [-0.2, 0) is 4.79 Å². The second kappa shape index (κ2) is 7.51. The first kappa shape index (κ1) is 18.9. The minimum absolute atomic E-state index is 0.0659. The standard InChI is InChI=1S/C22H26FN3O2/c1-3-28-16-4-5-18(23)17(11-16)15-7-9-24-20(10-15)19-6-8-22(26-19)12-14(2)25-21(27)13-22/h4-5,7,9-11,14,19,26H,3,6,8,12-13H2,1-2H3,(H,25,27)/t14-,19+,22?/m0/s1. The molecule has 2 N–H and O–H groups in total. The summed E-state index contributed by atoms with van der Waals surface area (Å²) < 4.78 is 20.0. The van der Waals surface area contributed by atoms with E-state index in [-0.39, 0.29) is 29.3 Å². The Morgan fingerprint density at radius 3 is 2.96 bits per heavy atom. The normalized spacial score (nSPS) is 27.0. The van der Waals surface area contributed by atoms with Crippen LogP contribution < -0.4 is 15.4 Å². The van der Waals surface area contributed by atoms with E-state index in [1.165, 1.54) is 6.07 Å². The molecule has 6 heteroatoms. The summed E-state index contributed by atoms with van der Waals surface area (Å²) in [6, 6.07) is 8.80. The van der Waals surface area contributed by atoms with Crippen LogP contribution in [0.5, 0.6) is 5.75 Å². The van der Waals surface area contributed by atoms with E-state index in [2.05, 4.69) is 15.6 Å². The molecular weight excluding hydrogens is 357 g/mol. The number of hydrogen-bond donors (Lipinski definition) is 2. The van der Waals surface area contributed by atoms with Crippen molar-refractivity contribution in [2.24, 2.45) is 0 Å². The Hall–Kier alpha value is -2.47. The maximum atomic E-state index is 14.4. The van der Waals surface area contributed by atoms with Crippen LogP contribution in [0, 0.1) is 5.82 Å². The third-order valence-electron chi connectivity index (χ3n) is 5.69. The Labute approximate surface area is 164 Å². The van der Waals surface area contributed by atoms with E-state index < -0.39 is 0 Å². The molecule has 1 unspecified atom stereocenters. The number of halogens is 1. The first-order valence-electron chi connectivity index (χ1n) is 9.94. The van der Waals surface area contributed by atoms with Gasteiger partial charge in [0.05, 0.1) is 12.3 Å². The number of rotatable bonds is 4. The summed E-state index contributed by atoms with van der Waals surface area (Å²) in [6.45, 7) is 4.48. The van der Waals surface area contributed by atoms with E-state index in [0.717, 1.165) is 30.5 Å². The number of carbonyl (C=O) groups is 1. The Kier molecular flexibility index (Phi) is 5.06. The summed E-state index contributed by atoms with van der Waals surface area (Å²) in [7, 11) is 0. The van der Waals surface area contributed by atoms with Gasteiger partial charge >= 0.3 is 0 Å². The molecule has 2 aromatic rings. The van der Waals surface area contributed by atoms with Crippen LogP contribution in [0.25, 0.3) is 11.1 Å². The summed E-state index contributed by atoms with van der Waals surface area (Å²) in [6.07, 6.45) is 4.99. The van der Waals surface area contributed by atoms with Crippen LogP contribution in [0.4, 0.5) is 4.39 Å². The van der Waals surface area contributed by atoms with Crippen molar-refractivity contribution in [3.8, 4) is 16.9 Å². The number of nitrogens with zero attached hydrogens (tertiary/aromatic N) is 1. The summed E-state index contributed by atoms with van der Waals surface area (Å²) in [5.41, 5.74) is 2.01. The highest BCUT2D eigenvalue weighted by Gasteiger charge is 2.44. The molecule has 5 nitrogen and oxygen atoms in total. The molecule has 2 aliphatic rings. The minimum atomic E-state index is -0.283. The summed E-state index contributed by atoms with van der Waals surface area (Å²) in [5, 5.41) is 6.66. The van der Waals surface area contributed by atoms with Gasteiger partial charge in [-0.2, -0.15) is 0 Å². The molecule has 2 saturated heterocycles. The van der Waals surface area contributed by atoms with Gasteiger partial charge in [0.25, 0.3) is 0 Å². The first-order chi connectivity index (χ1) is 13.5. The van der Waals surface area contributed by atoms with Gasteiger partial charge in [-0.25, -0.2) is 4.39 Å². The predicted molar refractivity (Wildman–Crippen MR) is 105 cm³/mol. The average molecular weight is 383 g/mol. The van der Waals surface area contributed by atoms with Gasteiger partial charge in [0, 0.05) is 35.8 Å². The lowest BCUT2D eigenvalue weighted by Gasteiger charge is -2.37. The number of nitrogens with one attached hydrogen (secondary N) is 2. The number of hydrogen-bond acceptors (Lipinski definition) is 4. The third-order valence-corrected chi connectivity index (χ3v) is 5.69. The van der Waals surface area contributed by atoms with Gasteiger partial charge in [0.1, 0.15) is 11.6 Å². The molecule has 148 valence electrons. The van der Waals surface area contributed by atoms with Crippen molar-refractivity contribution in [3.63, 3.8) is 0 Å². The van der Waals surface area contributed by atoms with Crippen LogP contribution in [0.2, 0.25) is 0 Å². The predicted octanol–water partition coefficient (Wildman–Crippen LogP) is 3.75. The molecule has 1 amide bonds. The van der Waals surface area contributed by atoms with Gasteiger partial charge in [-0.3, -0.25) is 9.78 Å². The van der Waals surface area contributed by atoms with E-state index in [1.807, 2.05) is 26.0 Å². The molecule has 0 aliphatic carbocycles. The maximum absolute atomic E-state index is 14.4. The van der Waals surface area contributed by atoms with E-state index in [9.17, 15) is 9.18 Å². The number of carbonyl (C=O) groups excluding carboxylic acids is 1. The van der Waals surface area contributed by atoms with Crippen molar-refractivity contribution in [2.75, 3.05) is 6.61 Å². The largest absolute Gasteiger partial charge is 0.494 e. The van der Waals surface area contributed by atoms with Gasteiger partial charge in [-0.05, 0) is 69.0 Å². The zero-order chi connectivity index (χ0) is 19.7. The molecule has 3 heterocycles. The monoisotopic (exact) mass is 383 g/mol. The fourth-order valence-electron chi connectivity index (χ4n) is 4.59. The molecule has 2 aliphatic heterocycles. The first-order valence-corrected chi connectivity index (χ1v) is 9.94. The number of ether oxygens (including phenoxy) is 1. The molecule has 2 fully saturated rings. The molecule has 1 spiro atoms. The lowest BCUT2D eigenvalue weighted by molar-refractivity contribution is -0.125. The molecular formula is C22H26FN3O2. The number of piperidine rings is 1. The van der Waals surface area contributed by atoms with E-state index >= 15 is 0 Å². The lowest BCUT2D eigenvalue weighted by Crippen LogP contribution is -2.54. The molecule has 0 saturated carbocycles. The number of pyridine rings is 1. The summed E-state index contributed by atoms with van der Waals surface area (Å²) in [4.78, 5) is 16.6. The van der Waals surface area contributed by atoms with E-state index in [4.69, 9.17) is 4.74 Å². The summed E-state index contributed by atoms with van der Waals surface area (Å²) in [5.74, 6) is 0.468. The highest BCUT2D eigenvalue weighted by molar-refractivity contribution is 5.78. The molecule has 28 heavy (non-hydrogen) atoms. The minimum Gasteiger partial charge on any atom is -0.494 e. The fourth-order valence-corrected chi connectivity index (χ4v) is 4.59. The zero-order valence-electron chi connectivity index (χ0n) is 16.3. The highest BCUT2D eigenvalue weighted by atomic mass is 19.1. The highest BCUT2D eigenvalue weighted by Crippen LogP contribution is 2.39. The molecule has 3 atom stereocenters. The van der Waals surface area contributed by atoms with Gasteiger partial charge < -0.3 is 15.4 Å². The Bertz CT molecular complexity index is 888. The zero-order valence-corrected chi connectivity index (χ0v) is 16.3. The second-order valence-electron chi connectivity index (χ2n) is 7.91. The van der Waals surface area contributed by atoms with Gasteiger partial charge in [-0.15, -0.1) is 0 Å². The van der Waals surface area contributed by atoms with Gasteiger partial charge in [-0.1, -0.05) is 0 Å². The molecule has 1 aromatic carbocycles. The van der Waals surface area contributed by atoms with Crippen LogP contribution in [-0.4, -0.2) is 29.1 Å². The topological polar surface area (TPSA) is 63.2 Å². The van der Waals surface area contributed by atoms with Crippen molar-refractivity contribution in [1.29, 1.82) is 0 Å². The number of amides is 1. The Balaban J connectivity index is 1.58. The second-order valence-corrected chi connectivity index (χ2v) is 7.91. The Morgan fingerprint density at radius 1 is 1.32 bits per heavy atom. The van der Waals surface area contributed by atoms with Crippen LogP contribution >= 0.6 is 0 Å². The molecule has 4 rings (SSSR count). The average Bonchev–Trinajstić information content (AvgIpc) is 3.05. The van der Waals surface area contributed by atoms with Crippen molar-refractivity contribution in [1.82, 2.24) is 15.6 Å². The van der Waals surface area contributed by atoms with E-state index in [1.54, 1.807) is 18.3 Å². The third kappa shape index (κ3) is 3.74. The van der Waals surface area contributed by atoms with Gasteiger partial charge in [0.15, 0.2) is 0 Å². The molecule has 1 aromatic heterocycles. The molecule has 0 radical (unpaired) electrons. The SMILES string of the molecule is CCOc1ccc(F)c(-c2ccnc([C@H]3CCC4(CC(=O)N[C@@H](C)C4)N3)c2)c1. The quantitative estimate of drug-likeness (QED) is 0.844. The fraction of sp³-hybridized carbons (Fsp3) is 0.455. The van der Waals surface area contributed by atoms with Crippen molar-refractivity contribution in [3.05, 3.63) is 48.0 Å². The van der Waals surface area contributed by atoms with Crippen molar-refractivity contribution >= 4 is 5.91 Å². The smallest absolute Gasteiger partial charge is 0.222 e. The van der Waals surface area contributed by atoms with Crippen molar-refractivity contribution in [2.45, 2.75) is 57.2 Å². The van der Waals surface area contributed by atoms with Crippen LogP contribution in [0.1, 0.15) is 51.3 Å². The summed E-state index contributed by atoms with van der Waals surface area (Å²) >= 11 is 0. The van der Waals surface area contributed by atoms with Gasteiger partial charge in [0.2, 0.25) is 5.91 Å². The lowest BCUT2D eigenvalue weighted by atomic mass is 9.83. The van der Waals surface area contributed by atoms with Crippen LogP contribution in [0.3, 0.4) is 0 Å². The maximum Gasteiger partial charge on any atom is 0.222 e. The molecule has 0 bridgehead atoms. The van der Waals surface area contributed by atoms with Crippen LogP contribution in [0.15, 0.2) is 36.5 Å². The van der Waals surface area contributed by atoms with Crippen molar-refractivity contribution < 1.29 is 13.9 Å². The number of aromatic nitrogens is 1.